The first-order valence-electron chi connectivity index (χ1n) is 14.4. The zero-order valence-electron chi connectivity index (χ0n) is 26.1. The molecule has 0 aliphatic carbocycles. The van der Waals surface area contributed by atoms with Gasteiger partial charge in [0.25, 0.3) is 0 Å². The maximum atomic E-state index is 14.4. The lowest BCUT2D eigenvalue weighted by molar-refractivity contribution is -0.146. The van der Waals surface area contributed by atoms with Crippen molar-refractivity contribution in [3.8, 4) is 5.88 Å². The lowest BCUT2D eigenvalue weighted by Crippen LogP contribution is -2.47. The molecule has 0 aromatic carbocycles. The van der Waals surface area contributed by atoms with Crippen LogP contribution in [0.3, 0.4) is 0 Å². The molecule has 1 aromatic heterocycles. The SMILES string of the molecule is CCOC(=O)C(CC(C)C)NP(=O)(NC(CC(C)C)C(=O)OCC)OC[C@H]1O[C@@H](n2ccc(OC)nc2=O)[C@](C)(O)[C@@H]1O. The van der Waals surface area contributed by atoms with Gasteiger partial charge in [0.1, 0.15) is 29.9 Å². The molecule has 0 bridgehead atoms. The summed E-state index contributed by atoms with van der Waals surface area (Å²) in [7, 11) is -2.96. The number of aliphatic hydroxyl groups excluding tert-OH is 1. The normalized spacial score (nSPS) is 24.9. The van der Waals surface area contributed by atoms with Crippen LogP contribution in [0.15, 0.2) is 17.1 Å². The first kappa shape index (κ1) is 36.8. The van der Waals surface area contributed by atoms with Gasteiger partial charge in [-0.2, -0.15) is 4.98 Å². The fourth-order valence-electron chi connectivity index (χ4n) is 4.60. The summed E-state index contributed by atoms with van der Waals surface area (Å²) in [5.41, 5.74) is -2.79. The Morgan fingerprint density at radius 1 is 1.09 bits per heavy atom. The predicted octanol–water partition coefficient (Wildman–Crippen LogP) is 1.52. The highest BCUT2D eigenvalue weighted by molar-refractivity contribution is 7.54. The van der Waals surface area contributed by atoms with E-state index in [1.54, 1.807) is 13.8 Å². The number of rotatable bonds is 17. The number of esters is 2. The Morgan fingerprint density at radius 2 is 1.60 bits per heavy atom. The number of hydrogen-bond acceptors (Lipinski definition) is 12. The molecule has 6 atom stereocenters. The minimum atomic E-state index is -4.30. The number of nitrogens with one attached hydrogen (secondary N) is 2. The molecular weight excluding hydrogens is 587 g/mol. The fourth-order valence-corrected chi connectivity index (χ4v) is 6.42. The number of carbonyl (C=O) groups excluding carboxylic acids is 2. The van der Waals surface area contributed by atoms with E-state index in [-0.39, 0.29) is 43.8 Å². The zero-order chi connectivity index (χ0) is 32.5. The molecule has 2 unspecified atom stereocenters. The summed E-state index contributed by atoms with van der Waals surface area (Å²) in [5, 5.41) is 27.5. The predicted molar refractivity (Wildman–Crippen MR) is 155 cm³/mol. The van der Waals surface area contributed by atoms with Crippen LogP contribution in [0, 0.1) is 11.8 Å². The summed E-state index contributed by atoms with van der Waals surface area (Å²) in [6.07, 6.45) is -2.52. The van der Waals surface area contributed by atoms with E-state index in [0.29, 0.717) is 0 Å². The monoisotopic (exact) mass is 634 g/mol. The van der Waals surface area contributed by atoms with Crippen molar-refractivity contribution in [3.63, 3.8) is 0 Å². The molecular formula is C27H47N4O11P. The quantitative estimate of drug-likeness (QED) is 0.142. The van der Waals surface area contributed by atoms with Crippen LogP contribution >= 0.6 is 7.67 Å². The van der Waals surface area contributed by atoms with Gasteiger partial charge in [0.2, 0.25) is 5.88 Å². The lowest BCUT2D eigenvalue weighted by atomic mass is 9.96. The molecule has 0 spiro atoms. The minimum Gasteiger partial charge on any atom is -0.481 e. The topological polar surface area (TPSA) is 197 Å². The fraction of sp³-hybridized carbons (Fsp3) is 0.778. The van der Waals surface area contributed by atoms with Gasteiger partial charge in [-0.25, -0.2) is 15.0 Å². The van der Waals surface area contributed by atoms with Crippen molar-refractivity contribution in [1.29, 1.82) is 0 Å². The summed E-state index contributed by atoms with van der Waals surface area (Å²) in [4.78, 5) is 41.9. The molecule has 1 aromatic rings. The van der Waals surface area contributed by atoms with Crippen molar-refractivity contribution < 1.29 is 47.8 Å². The van der Waals surface area contributed by atoms with Crippen LogP contribution in [0.1, 0.15) is 67.5 Å². The van der Waals surface area contributed by atoms with Crippen molar-refractivity contribution >= 4 is 19.6 Å². The molecule has 2 heterocycles. The van der Waals surface area contributed by atoms with Gasteiger partial charge in [-0.1, -0.05) is 27.7 Å². The standard InChI is InChI=1S/C27H47N4O11P/c1-9-39-23(33)18(13-16(3)4)29-43(37,30-19(14-17(5)6)24(34)40-10-2)41-15-20-22(32)27(7,36)25(42-20)31-12-11-21(38-8)28-26(31)35/h11-12,16-20,22,25,32,36H,9-10,13-15H2,1-8H3,(H2,29,30,37)/t18?,19?,20-,22-,25-,27-,43?/m1/s1. The number of aliphatic hydroxyl groups is 2. The molecule has 0 amide bonds. The molecule has 0 saturated carbocycles. The van der Waals surface area contributed by atoms with Crippen LogP contribution in [-0.2, 0) is 32.9 Å². The van der Waals surface area contributed by atoms with Gasteiger partial charge in [-0.15, -0.1) is 0 Å². The van der Waals surface area contributed by atoms with E-state index < -0.39 is 68.0 Å². The van der Waals surface area contributed by atoms with Gasteiger partial charge in [-0.3, -0.25) is 18.7 Å². The molecule has 15 nitrogen and oxygen atoms in total. The van der Waals surface area contributed by atoms with E-state index >= 15 is 0 Å². The van der Waals surface area contributed by atoms with E-state index in [2.05, 4.69) is 15.2 Å². The third kappa shape index (κ3) is 10.1. The summed E-state index contributed by atoms with van der Waals surface area (Å²) < 4.78 is 42.3. The maximum Gasteiger partial charge on any atom is 0.353 e. The van der Waals surface area contributed by atoms with Crippen LogP contribution in [0.4, 0.5) is 0 Å². The summed E-state index contributed by atoms with van der Waals surface area (Å²) in [6, 6.07) is -0.767. The van der Waals surface area contributed by atoms with Gasteiger partial charge in [0.15, 0.2) is 6.23 Å². The average Bonchev–Trinajstić information content (AvgIpc) is 3.14. The van der Waals surface area contributed by atoms with E-state index in [0.717, 1.165) is 4.57 Å². The first-order chi connectivity index (χ1) is 20.1. The van der Waals surface area contributed by atoms with Gasteiger partial charge >= 0.3 is 25.3 Å². The Hall–Kier alpha value is -2.39. The molecule has 1 saturated heterocycles. The third-order valence-electron chi connectivity index (χ3n) is 6.65. The van der Waals surface area contributed by atoms with Crippen molar-refractivity contribution in [2.24, 2.45) is 11.8 Å². The van der Waals surface area contributed by atoms with Gasteiger partial charge in [0, 0.05) is 12.3 Å². The highest BCUT2D eigenvalue weighted by Crippen LogP contribution is 2.44. The van der Waals surface area contributed by atoms with Crippen LogP contribution in [-0.4, -0.2) is 88.5 Å². The number of nitrogens with zero attached hydrogens (tertiary/aromatic N) is 2. The second-order valence-corrected chi connectivity index (χ2v) is 13.2. The molecule has 1 aliphatic heterocycles. The molecule has 0 radical (unpaired) electrons. The largest absolute Gasteiger partial charge is 0.481 e. The van der Waals surface area contributed by atoms with Gasteiger partial charge < -0.3 is 33.7 Å². The smallest absolute Gasteiger partial charge is 0.353 e. The van der Waals surface area contributed by atoms with E-state index in [4.69, 9.17) is 23.5 Å². The van der Waals surface area contributed by atoms with Crippen LogP contribution in [0.25, 0.3) is 0 Å². The number of carbonyl (C=O) groups is 2. The first-order valence-corrected chi connectivity index (χ1v) is 16.0. The molecule has 43 heavy (non-hydrogen) atoms. The van der Waals surface area contributed by atoms with Gasteiger partial charge in [0.05, 0.1) is 26.9 Å². The van der Waals surface area contributed by atoms with E-state index in [9.17, 15) is 29.2 Å². The van der Waals surface area contributed by atoms with Crippen molar-refractivity contribution in [1.82, 2.24) is 19.7 Å². The average molecular weight is 635 g/mol. The molecule has 2 rings (SSSR count). The lowest BCUT2D eigenvalue weighted by Gasteiger charge is -2.30. The van der Waals surface area contributed by atoms with Crippen molar-refractivity contribution in [3.05, 3.63) is 22.7 Å². The number of ether oxygens (including phenoxy) is 4. The number of aromatic nitrogens is 2. The van der Waals surface area contributed by atoms with Crippen LogP contribution in [0.2, 0.25) is 0 Å². The Bertz CT molecular complexity index is 1140. The van der Waals surface area contributed by atoms with Crippen molar-refractivity contribution in [2.45, 2.75) is 97.4 Å². The number of hydrogen-bond donors (Lipinski definition) is 4. The minimum absolute atomic E-state index is 0.0147. The maximum absolute atomic E-state index is 14.4. The van der Waals surface area contributed by atoms with E-state index in [1.165, 1.54) is 26.3 Å². The molecule has 4 N–H and O–H groups in total. The van der Waals surface area contributed by atoms with E-state index in [1.807, 2.05) is 27.7 Å². The van der Waals surface area contributed by atoms with Gasteiger partial charge in [-0.05, 0) is 45.4 Å². The Balaban J connectivity index is 2.40. The highest BCUT2D eigenvalue weighted by atomic mass is 31.2. The second-order valence-electron chi connectivity index (χ2n) is 11.3. The second kappa shape index (κ2) is 16.1. The molecule has 1 fully saturated rings. The van der Waals surface area contributed by atoms with Crippen molar-refractivity contribution in [2.75, 3.05) is 26.9 Å². The summed E-state index contributed by atoms with van der Waals surface area (Å²) in [5.74, 6) is -1.31. The highest BCUT2D eigenvalue weighted by Gasteiger charge is 2.54. The molecule has 16 heteroatoms. The molecule has 1 aliphatic rings. The molecule has 246 valence electrons. The Morgan fingerprint density at radius 3 is 2.02 bits per heavy atom. The van der Waals surface area contributed by atoms with Crippen LogP contribution < -0.4 is 20.6 Å². The summed E-state index contributed by atoms with van der Waals surface area (Å²) in [6.45, 7) is 11.6. The number of methoxy groups -OCH3 is 1. The Labute approximate surface area is 252 Å². The summed E-state index contributed by atoms with van der Waals surface area (Å²) >= 11 is 0. The van der Waals surface area contributed by atoms with Crippen LogP contribution in [0.5, 0.6) is 5.88 Å². The zero-order valence-corrected chi connectivity index (χ0v) is 27.0. The third-order valence-corrected chi connectivity index (χ3v) is 8.47. The Kier molecular flexibility index (Phi) is 13.8.